The lowest BCUT2D eigenvalue weighted by Crippen LogP contribution is -2.06. The van der Waals surface area contributed by atoms with Crippen LogP contribution in [0.15, 0.2) is 66.0 Å². The van der Waals surface area contributed by atoms with Crippen molar-refractivity contribution in [2.24, 2.45) is 0 Å². The summed E-state index contributed by atoms with van der Waals surface area (Å²) in [5.41, 5.74) is 5.24. The second-order valence-electron chi connectivity index (χ2n) is 6.64. The number of hydrogen-bond donors (Lipinski definition) is 2. The molecule has 1 amide bonds. The van der Waals surface area contributed by atoms with E-state index >= 15 is 0 Å². The fraction of sp³-hybridized carbons (Fsp3) is 0.136. The highest BCUT2D eigenvalue weighted by Gasteiger charge is 2.11. The molecule has 3 heterocycles. The molecule has 140 valence electrons. The van der Waals surface area contributed by atoms with Gasteiger partial charge in [-0.15, -0.1) is 11.8 Å². The number of nitrogens with one attached hydrogen (secondary N) is 2. The highest BCUT2D eigenvalue weighted by atomic mass is 32.2. The molecule has 0 fully saturated rings. The van der Waals surface area contributed by atoms with E-state index in [1.165, 1.54) is 12.5 Å². The molecule has 5 nitrogen and oxygen atoms in total. The number of nitrogens with zero attached hydrogens (tertiary/aromatic N) is 2. The Hall–Kier alpha value is -3.12. The van der Waals surface area contributed by atoms with Gasteiger partial charge in [0.1, 0.15) is 5.82 Å². The first-order chi connectivity index (χ1) is 13.6. The largest absolute Gasteiger partial charge is 0.359 e. The molecule has 0 saturated heterocycles. The maximum Gasteiger partial charge on any atom is 0.222 e. The summed E-state index contributed by atoms with van der Waals surface area (Å²) in [6.45, 7) is 3.55. The first kappa shape index (κ1) is 18.3. The van der Waals surface area contributed by atoms with E-state index < -0.39 is 0 Å². The molecular weight excluding hydrogens is 368 g/mol. The van der Waals surface area contributed by atoms with E-state index in [1.807, 2.05) is 18.3 Å². The molecule has 1 aromatic carbocycles. The Balaban J connectivity index is 1.67. The van der Waals surface area contributed by atoms with Gasteiger partial charge in [-0.05, 0) is 36.2 Å². The summed E-state index contributed by atoms with van der Waals surface area (Å²) < 4.78 is 0. The zero-order valence-corrected chi connectivity index (χ0v) is 16.5. The van der Waals surface area contributed by atoms with Crippen molar-refractivity contribution in [3.63, 3.8) is 0 Å². The van der Waals surface area contributed by atoms with Gasteiger partial charge in [-0.3, -0.25) is 4.79 Å². The normalized spacial score (nSPS) is 10.9. The van der Waals surface area contributed by atoms with Crippen LogP contribution in [-0.4, -0.2) is 20.9 Å². The molecular formula is C22H20N4OS. The Bertz CT molecular complexity index is 1140. The Kier molecular flexibility index (Phi) is 5.12. The monoisotopic (exact) mass is 388 g/mol. The van der Waals surface area contributed by atoms with Gasteiger partial charge in [-0.2, -0.15) is 0 Å². The molecule has 2 N–H and O–H groups in total. The third-order valence-corrected chi connectivity index (χ3v) is 5.30. The van der Waals surface area contributed by atoms with Crippen LogP contribution >= 0.6 is 11.8 Å². The molecule has 28 heavy (non-hydrogen) atoms. The molecule has 0 saturated carbocycles. The number of fused-ring (bicyclic) bond motifs is 1. The van der Waals surface area contributed by atoms with Crippen LogP contribution in [0.25, 0.3) is 22.2 Å². The molecule has 0 aliphatic carbocycles. The third-order valence-electron chi connectivity index (χ3n) is 4.32. The summed E-state index contributed by atoms with van der Waals surface area (Å²) in [5, 5.41) is 4.71. The van der Waals surface area contributed by atoms with Crippen LogP contribution in [-0.2, 0) is 10.5 Å². The first-order valence-corrected chi connectivity index (χ1v) is 9.97. The number of carbonyl (C=O) groups excluding carboxylic acids is 1. The Morgan fingerprint density at radius 2 is 2.00 bits per heavy atom. The van der Waals surface area contributed by atoms with Gasteiger partial charge in [-0.1, -0.05) is 30.3 Å². The molecule has 3 aromatic heterocycles. The number of pyridine rings is 2. The van der Waals surface area contributed by atoms with Gasteiger partial charge in [0, 0.05) is 29.8 Å². The van der Waals surface area contributed by atoms with Crippen molar-refractivity contribution < 1.29 is 4.79 Å². The van der Waals surface area contributed by atoms with Crippen LogP contribution in [0.5, 0.6) is 0 Å². The van der Waals surface area contributed by atoms with Gasteiger partial charge >= 0.3 is 0 Å². The lowest BCUT2D eigenvalue weighted by atomic mass is 10.1. The molecule has 4 aromatic rings. The van der Waals surface area contributed by atoms with Crippen LogP contribution in [0.4, 0.5) is 5.82 Å². The van der Waals surface area contributed by atoms with Crippen molar-refractivity contribution in [1.82, 2.24) is 15.0 Å². The summed E-state index contributed by atoms with van der Waals surface area (Å²) in [7, 11) is 0. The van der Waals surface area contributed by atoms with Gasteiger partial charge in [0.05, 0.1) is 22.4 Å². The zero-order chi connectivity index (χ0) is 19.5. The van der Waals surface area contributed by atoms with Gasteiger partial charge in [0.25, 0.3) is 0 Å². The van der Waals surface area contributed by atoms with Crippen LogP contribution in [0, 0.1) is 6.92 Å². The molecule has 0 spiro atoms. The van der Waals surface area contributed by atoms with E-state index in [9.17, 15) is 4.79 Å². The number of thioether (sulfide) groups is 1. The summed E-state index contributed by atoms with van der Waals surface area (Å²) in [6, 6.07) is 16.4. The van der Waals surface area contributed by atoms with E-state index in [-0.39, 0.29) is 5.91 Å². The maximum absolute atomic E-state index is 11.3. The van der Waals surface area contributed by atoms with Crippen molar-refractivity contribution in [1.29, 1.82) is 0 Å². The van der Waals surface area contributed by atoms with E-state index in [4.69, 9.17) is 4.98 Å². The number of rotatable bonds is 5. The summed E-state index contributed by atoms with van der Waals surface area (Å²) in [4.78, 5) is 23.7. The molecule has 0 radical (unpaired) electrons. The topological polar surface area (TPSA) is 70.7 Å². The Morgan fingerprint density at radius 1 is 1.18 bits per heavy atom. The van der Waals surface area contributed by atoms with E-state index in [0.717, 1.165) is 38.5 Å². The van der Waals surface area contributed by atoms with Gasteiger partial charge in [-0.25, -0.2) is 9.97 Å². The maximum atomic E-state index is 11.3. The highest BCUT2D eigenvalue weighted by molar-refractivity contribution is 7.98. The molecule has 4 rings (SSSR count). The fourth-order valence-electron chi connectivity index (χ4n) is 3.06. The molecule has 6 heteroatoms. The minimum atomic E-state index is -0.141. The van der Waals surface area contributed by atoms with Crippen LogP contribution in [0.1, 0.15) is 18.1 Å². The van der Waals surface area contributed by atoms with Crippen molar-refractivity contribution >= 4 is 34.4 Å². The van der Waals surface area contributed by atoms with Crippen LogP contribution in [0.2, 0.25) is 0 Å². The number of benzene rings is 1. The van der Waals surface area contributed by atoms with Crippen LogP contribution < -0.4 is 5.32 Å². The quantitative estimate of drug-likeness (QED) is 0.462. The second kappa shape index (κ2) is 7.86. The van der Waals surface area contributed by atoms with Crippen molar-refractivity contribution in [3.05, 3.63) is 72.1 Å². The predicted octanol–water partition coefficient (Wildman–Crippen LogP) is 5.18. The van der Waals surface area contributed by atoms with Gasteiger partial charge < -0.3 is 10.3 Å². The van der Waals surface area contributed by atoms with E-state index in [2.05, 4.69) is 58.6 Å². The van der Waals surface area contributed by atoms with Gasteiger partial charge in [0.15, 0.2) is 0 Å². The standard InChI is InChI=1S/C22H20N4OS/c1-14-8-19(26-22(9-14)28-13-16-6-4-3-5-7-16)18-11-23-20-12-24-21(10-17(18)20)25-15(2)27/h3-12,23H,13H2,1-2H3,(H,24,25,27). The average Bonchev–Trinajstić information content (AvgIpc) is 3.09. The minimum Gasteiger partial charge on any atom is -0.359 e. The SMILES string of the molecule is CC(=O)Nc1cc2c(-c3cc(C)cc(SCc4ccccc4)n3)c[nH]c2cn1. The van der Waals surface area contributed by atoms with Crippen molar-refractivity contribution in [2.45, 2.75) is 24.6 Å². The van der Waals surface area contributed by atoms with E-state index in [1.54, 1.807) is 18.0 Å². The summed E-state index contributed by atoms with van der Waals surface area (Å²) in [5.74, 6) is 1.27. The predicted molar refractivity (Wildman–Crippen MR) is 114 cm³/mol. The van der Waals surface area contributed by atoms with Crippen molar-refractivity contribution in [3.8, 4) is 11.3 Å². The average molecular weight is 388 g/mol. The number of aromatic amines is 1. The fourth-order valence-corrected chi connectivity index (χ4v) is 4.00. The molecule has 0 aliphatic heterocycles. The Morgan fingerprint density at radius 3 is 2.79 bits per heavy atom. The van der Waals surface area contributed by atoms with Crippen molar-refractivity contribution in [2.75, 3.05) is 5.32 Å². The number of carbonyl (C=O) groups is 1. The number of aryl methyl sites for hydroxylation is 1. The number of amides is 1. The van der Waals surface area contributed by atoms with Gasteiger partial charge in [0.2, 0.25) is 5.91 Å². The van der Waals surface area contributed by atoms with Crippen LogP contribution in [0.3, 0.4) is 0 Å². The zero-order valence-electron chi connectivity index (χ0n) is 15.7. The number of hydrogen-bond acceptors (Lipinski definition) is 4. The molecule has 0 bridgehead atoms. The Labute approximate surface area is 167 Å². The summed E-state index contributed by atoms with van der Waals surface area (Å²) in [6.07, 6.45) is 3.67. The number of H-pyrrole nitrogens is 1. The molecule has 0 atom stereocenters. The molecule has 0 unspecified atom stereocenters. The number of aromatic nitrogens is 3. The lowest BCUT2D eigenvalue weighted by molar-refractivity contribution is -0.114. The highest BCUT2D eigenvalue weighted by Crippen LogP contribution is 2.31. The van der Waals surface area contributed by atoms with E-state index in [0.29, 0.717) is 5.82 Å². The number of anilines is 1. The minimum absolute atomic E-state index is 0.141. The third kappa shape index (κ3) is 4.07. The first-order valence-electron chi connectivity index (χ1n) is 8.99. The molecule has 0 aliphatic rings. The smallest absolute Gasteiger partial charge is 0.222 e. The summed E-state index contributed by atoms with van der Waals surface area (Å²) >= 11 is 1.73. The lowest BCUT2D eigenvalue weighted by Gasteiger charge is -2.07. The second-order valence-corrected chi connectivity index (χ2v) is 7.64.